The number of nitrogens with zero attached hydrogens (tertiary/aromatic N) is 6. The highest BCUT2D eigenvalue weighted by atomic mass is 32.2. The lowest BCUT2D eigenvalue weighted by Gasteiger charge is -2.18. The van der Waals surface area contributed by atoms with Gasteiger partial charge in [-0.1, -0.05) is 18.2 Å². The molecule has 2 atom stereocenters. The molecule has 4 heterocycles. The first kappa shape index (κ1) is 26.2. The standard InChI is InChI=1S/C26H25N7O5S/c1-4-38-21-12-5-9-17(29-21)25-31-24-26(33(25)23-19(36-2)10-6-11-20(23)37-3)30-18(15-28-24)22(32-39(34)35)16-8-7-13-27-14-16/h5-15,22,32H,4H2,1-3H3,(H,34,35). The predicted octanol–water partition coefficient (Wildman–Crippen LogP) is 3.50. The van der Waals surface area contributed by atoms with Crippen molar-refractivity contribution in [3.8, 4) is 34.6 Å². The number of pyridine rings is 2. The van der Waals surface area contributed by atoms with Crippen LogP contribution in [0.15, 0.2) is 67.1 Å². The fraction of sp³-hybridized carbons (Fsp3) is 0.192. The first-order chi connectivity index (χ1) is 19.0. The minimum absolute atomic E-state index is 0.320. The monoisotopic (exact) mass is 547 g/mol. The molecule has 4 aromatic heterocycles. The van der Waals surface area contributed by atoms with E-state index in [1.165, 1.54) is 6.20 Å². The summed E-state index contributed by atoms with van der Waals surface area (Å²) in [5, 5.41) is 0. The van der Waals surface area contributed by atoms with Crippen LogP contribution in [0.2, 0.25) is 0 Å². The van der Waals surface area contributed by atoms with Crippen LogP contribution in [0.25, 0.3) is 28.5 Å². The van der Waals surface area contributed by atoms with Gasteiger partial charge in [0.1, 0.15) is 22.9 Å². The number of fused-ring (bicyclic) bond motifs is 1. The molecule has 5 aromatic rings. The SMILES string of the molecule is CCOc1cccc(-c2nc3ncc(C(NS(=O)O)c4cccnc4)nc3n2-c2c(OC)cccc2OC)n1. The van der Waals surface area contributed by atoms with Gasteiger partial charge < -0.3 is 14.2 Å². The Hall–Kier alpha value is -4.46. The minimum Gasteiger partial charge on any atom is -0.494 e. The number of para-hydroxylation sites is 1. The van der Waals surface area contributed by atoms with Gasteiger partial charge in [-0.3, -0.25) is 14.1 Å². The van der Waals surface area contributed by atoms with Crippen LogP contribution in [-0.4, -0.2) is 59.1 Å². The Labute approximate surface area is 226 Å². The quantitative estimate of drug-likeness (QED) is 0.249. The van der Waals surface area contributed by atoms with E-state index >= 15 is 0 Å². The summed E-state index contributed by atoms with van der Waals surface area (Å²) in [5.74, 6) is 1.86. The molecule has 2 N–H and O–H groups in total. The van der Waals surface area contributed by atoms with E-state index in [0.29, 0.717) is 63.7 Å². The molecule has 0 radical (unpaired) electrons. The summed E-state index contributed by atoms with van der Waals surface area (Å²) < 4.78 is 42.9. The predicted molar refractivity (Wildman–Crippen MR) is 144 cm³/mol. The Balaban J connectivity index is 1.81. The van der Waals surface area contributed by atoms with Gasteiger partial charge >= 0.3 is 0 Å². The van der Waals surface area contributed by atoms with Gasteiger partial charge in [0.2, 0.25) is 17.1 Å². The summed E-state index contributed by atoms with van der Waals surface area (Å²) in [6, 6.07) is 13.5. The topological polar surface area (TPSA) is 146 Å². The largest absolute Gasteiger partial charge is 0.494 e. The van der Waals surface area contributed by atoms with E-state index in [1.807, 2.05) is 19.1 Å². The molecule has 12 nitrogen and oxygen atoms in total. The molecule has 0 spiro atoms. The molecule has 2 unspecified atom stereocenters. The molecule has 0 bridgehead atoms. The van der Waals surface area contributed by atoms with Crippen molar-refractivity contribution in [3.63, 3.8) is 0 Å². The number of hydrogen-bond donors (Lipinski definition) is 2. The maximum Gasteiger partial charge on any atom is 0.232 e. The smallest absolute Gasteiger partial charge is 0.232 e. The molecule has 0 aliphatic rings. The molecule has 0 fully saturated rings. The lowest BCUT2D eigenvalue weighted by atomic mass is 10.1. The summed E-state index contributed by atoms with van der Waals surface area (Å²) in [6.45, 7) is 2.33. The van der Waals surface area contributed by atoms with Gasteiger partial charge in [0.05, 0.1) is 38.8 Å². The normalized spacial score (nSPS) is 12.7. The van der Waals surface area contributed by atoms with Gasteiger partial charge in [-0.25, -0.2) is 28.9 Å². The van der Waals surface area contributed by atoms with Crippen LogP contribution in [-0.2, 0) is 11.3 Å². The van der Waals surface area contributed by atoms with Gasteiger partial charge in [0.25, 0.3) is 0 Å². The lowest BCUT2D eigenvalue weighted by molar-refractivity contribution is 0.327. The highest BCUT2D eigenvalue weighted by molar-refractivity contribution is 7.77. The summed E-state index contributed by atoms with van der Waals surface area (Å²) in [4.78, 5) is 23.0. The Morgan fingerprint density at radius 1 is 1.00 bits per heavy atom. The van der Waals surface area contributed by atoms with E-state index < -0.39 is 17.3 Å². The molecule has 1 aromatic carbocycles. The molecule has 13 heteroatoms. The fourth-order valence-corrected chi connectivity index (χ4v) is 4.61. The lowest BCUT2D eigenvalue weighted by Crippen LogP contribution is -2.25. The first-order valence-corrected chi connectivity index (χ1v) is 13.0. The molecule has 0 aliphatic heterocycles. The number of hydrogen-bond acceptors (Lipinski definition) is 9. The number of benzene rings is 1. The number of rotatable bonds is 10. The summed E-state index contributed by atoms with van der Waals surface area (Å²) in [7, 11) is 3.11. The van der Waals surface area contributed by atoms with Gasteiger partial charge in [-0.05, 0) is 36.8 Å². The molecule has 0 saturated heterocycles. The molecular formula is C26H25N7O5S. The minimum atomic E-state index is -2.34. The van der Waals surface area contributed by atoms with Crippen molar-refractivity contribution in [1.29, 1.82) is 0 Å². The Morgan fingerprint density at radius 2 is 1.77 bits per heavy atom. The number of ether oxygens (including phenoxy) is 3. The highest BCUT2D eigenvalue weighted by Crippen LogP contribution is 2.38. The van der Waals surface area contributed by atoms with Crippen LogP contribution in [0.5, 0.6) is 17.4 Å². The average Bonchev–Trinajstić information content (AvgIpc) is 3.34. The molecule has 5 rings (SSSR count). The Morgan fingerprint density at radius 3 is 2.44 bits per heavy atom. The van der Waals surface area contributed by atoms with E-state index in [0.717, 1.165) is 0 Å². The summed E-state index contributed by atoms with van der Waals surface area (Å²) in [6.07, 6.45) is 4.71. The molecule has 0 aliphatic carbocycles. The maximum atomic E-state index is 11.8. The summed E-state index contributed by atoms with van der Waals surface area (Å²) >= 11 is -2.34. The number of methoxy groups -OCH3 is 2. The Bertz CT molecular complexity index is 1610. The highest BCUT2D eigenvalue weighted by Gasteiger charge is 2.26. The average molecular weight is 548 g/mol. The van der Waals surface area contributed by atoms with Crippen molar-refractivity contribution in [2.24, 2.45) is 0 Å². The van der Waals surface area contributed by atoms with Gasteiger partial charge in [0.15, 0.2) is 17.1 Å². The second-order valence-electron chi connectivity index (χ2n) is 8.10. The van der Waals surface area contributed by atoms with E-state index in [4.69, 9.17) is 24.2 Å². The number of aromatic nitrogens is 6. The number of imidazole rings is 1. The fourth-order valence-electron chi connectivity index (χ4n) is 4.15. The van der Waals surface area contributed by atoms with Gasteiger partial charge in [0, 0.05) is 18.5 Å². The molecular weight excluding hydrogens is 522 g/mol. The number of nitrogens with one attached hydrogen (secondary N) is 1. The molecule has 39 heavy (non-hydrogen) atoms. The van der Waals surface area contributed by atoms with E-state index in [-0.39, 0.29) is 0 Å². The maximum absolute atomic E-state index is 11.8. The summed E-state index contributed by atoms with van der Waals surface area (Å²) in [5.41, 5.74) is 2.71. The van der Waals surface area contributed by atoms with Gasteiger partial charge in [-0.15, -0.1) is 0 Å². The molecule has 200 valence electrons. The zero-order chi connectivity index (χ0) is 27.4. The van der Waals surface area contributed by atoms with Crippen molar-refractivity contribution in [3.05, 3.63) is 78.4 Å². The van der Waals surface area contributed by atoms with Crippen LogP contribution < -0.4 is 18.9 Å². The third-order valence-electron chi connectivity index (χ3n) is 5.79. The van der Waals surface area contributed by atoms with Crippen LogP contribution in [0, 0.1) is 0 Å². The zero-order valence-corrected chi connectivity index (χ0v) is 22.1. The van der Waals surface area contributed by atoms with E-state index in [9.17, 15) is 8.76 Å². The van der Waals surface area contributed by atoms with Crippen molar-refractivity contribution in [2.45, 2.75) is 13.0 Å². The van der Waals surface area contributed by atoms with Crippen LogP contribution in [0.4, 0.5) is 0 Å². The molecule has 0 amide bonds. The van der Waals surface area contributed by atoms with Crippen molar-refractivity contribution < 1.29 is 23.0 Å². The van der Waals surface area contributed by atoms with Crippen molar-refractivity contribution >= 4 is 22.6 Å². The van der Waals surface area contributed by atoms with Crippen LogP contribution in [0.3, 0.4) is 0 Å². The third-order valence-corrected chi connectivity index (χ3v) is 6.23. The van der Waals surface area contributed by atoms with Crippen molar-refractivity contribution in [2.75, 3.05) is 20.8 Å². The van der Waals surface area contributed by atoms with Crippen LogP contribution >= 0.6 is 0 Å². The second-order valence-corrected chi connectivity index (χ2v) is 8.84. The first-order valence-electron chi connectivity index (χ1n) is 11.9. The van der Waals surface area contributed by atoms with Crippen molar-refractivity contribution in [1.82, 2.24) is 34.2 Å². The molecule has 0 saturated carbocycles. The van der Waals surface area contributed by atoms with E-state index in [2.05, 4.69) is 19.7 Å². The second kappa shape index (κ2) is 11.5. The zero-order valence-electron chi connectivity index (χ0n) is 21.3. The van der Waals surface area contributed by atoms with Crippen LogP contribution in [0.1, 0.15) is 24.2 Å². The third kappa shape index (κ3) is 5.27. The van der Waals surface area contributed by atoms with E-state index in [1.54, 1.807) is 67.6 Å². The van der Waals surface area contributed by atoms with Gasteiger partial charge in [-0.2, -0.15) is 0 Å². The Kier molecular flexibility index (Phi) is 7.72.